The van der Waals surface area contributed by atoms with Crippen molar-refractivity contribution in [1.82, 2.24) is 10.2 Å². The first-order chi connectivity index (χ1) is 16.8. The predicted octanol–water partition coefficient (Wildman–Crippen LogP) is 6.00. The molecule has 4 fully saturated rings. The van der Waals surface area contributed by atoms with Gasteiger partial charge in [-0.05, 0) is 48.8 Å². The number of rotatable bonds is 7. The number of nitrogens with zero attached hydrogens (tertiary/aromatic N) is 1. The average molecular weight is 453 g/mol. The summed E-state index contributed by atoms with van der Waals surface area (Å²) in [7, 11) is 1.78. The molecule has 3 aromatic rings. The van der Waals surface area contributed by atoms with E-state index in [0.29, 0.717) is 18.0 Å². The number of fused-ring (bicyclic) bond motifs is 1. The molecule has 0 spiro atoms. The summed E-state index contributed by atoms with van der Waals surface area (Å²) in [6.07, 6.45) is 6.80. The Kier molecular flexibility index (Phi) is 6.15. The van der Waals surface area contributed by atoms with Crippen LogP contribution in [0.25, 0.3) is 0 Å². The largest absolute Gasteiger partial charge is 0.496 e. The van der Waals surface area contributed by atoms with Crippen LogP contribution >= 0.6 is 0 Å². The van der Waals surface area contributed by atoms with Crippen LogP contribution in [0, 0.1) is 5.92 Å². The second-order valence-electron chi connectivity index (χ2n) is 10.4. The van der Waals surface area contributed by atoms with Gasteiger partial charge in [0.1, 0.15) is 5.75 Å². The Hall–Kier alpha value is -2.62. The summed E-state index contributed by atoms with van der Waals surface area (Å²) in [6, 6.07) is 33.3. The number of piperidine rings is 4. The van der Waals surface area contributed by atoms with Gasteiger partial charge in [0.05, 0.1) is 7.11 Å². The molecule has 0 radical (unpaired) electrons. The van der Waals surface area contributed by atoms with Gasteiger partial charge in [0.15, 0.2) is 0 Å². The number of hydrogen-bond donors (Lipinski definition) is 1. The maximum Gasteiger partial charge on any atom is 0.123 e. The summed E-state index contributed by atoms with van der Waals surface area (Å²) in [5.41, 5.74) is 4.12. The van der Waals surface area contributed by atoms with Crippen molar-refractivity contribution in [3.05, 3.63) is 102 Å². The molecule has 3 aromatic carbocycles. The summed E-state index contributed by atoms with van der Waals surface area (Å²) in [5, 5.41) is 4.08. The van der Waals surface area contributed by atoms with E-state index in [1.807, 2.05) is 0 Å². The van der Waals surface area contributed by atoms with E-state index in [1.165, 1.54) is 48.8 Å². The van der Waals surface area contributed by atoms with Crippen molar-refractivity contribution in [3.63, 3.8) is 0 Å². The van der Waals surface area contributed by atoms with Gasteiger partial charge in [-0.15, -0.1) is 0 Å². The molecule has 3 nitrogen and oxygen atoms in total. The van der Waals surface area contributed by atoms with Crippen molar-refractivity contribution >= 4 is 0 Å². The van der Waals surface area contributed by atoms with Gasteiger partial charge in [-0.3, -0.25) is 4.90 Å². The molecule has 0 amide bonds. The molecule has 4 saturated heterocycles. The molecular formula is C31H36N2O. The summed E-state index contributed by atoms with van der Waals surface area (Å²) < 4.78 is 5.67. The molecule has 34 heavy (non-hydrogen) atoms. The molecule has 0 saturated carbocycles. The lowest BCUT2D eigenvalue weighted by atomic mass is 9.63. The molecule has 176 valence electrons. The fourth-order valence-corrected chi connectivity index (χ4v) is 7.36. The predicted molar refractivity (Wildman–Crippen MR) is 138 cm³/mol. The monoisotopic (exact) mass is 452 g/mol. The molecule has 3 heteroatoms. The van der Waals surface area contributed by atoms with E-state index < -0.39 is 0 Å². The van der Waals surface area contributed by atoms with Gasteiger partial charge < -0.3 is 10.1 Å². The van der Waals surface area contributed by atoms with Crippen molar-refractivity contribution in [2.24, 2.45) is 5.92 Å². The van der Waals surface area contributed by atoms with Crippen LogP contribution < -0.4 is 10.1 Å². The Morgan fingerprint density at radius 1 is 0.824 bits per heavy atom. The van der Waals surface area contributed by atoms with Crippen molar-refractivity contribution in [3.8, 4) is 5.75 Å². The molecule has 0 aromatic heterocycles. The highest BCUT2D eigenvalue weighted by Crippen LogP contribution is 2.50. The van der Waals surface area contributed by atoms with Crippen LogP contribution in [0.5, 0.6) is 5.75 Å². The third-order valence-electron chi connectivity index (χ3n) is 8.67. The Morgan fingerprint density at radius 2 is 1.41 bits per heavy atom. The zero-order valence-corrected chi connectivity index (χ0v) is 20.1. The Balaban J connectivity index is 1.40. The zero-order chi connectivity index (χ0) is 22.9. The first-order valence-corrected chi connectivity index (χ1v) is 13.1. The minimum atomic E-state index is 0.365. The summed E-state index contributed by atoms with van der Waals surface area (Å²) in [5.74, 6) is 2.08. The first kappa shape index (κ1) is 21.9. The molecule has 2 unspecified atom stereocenters. The SMILES string of the molecule is COc1ccccc1CN[C@H]1C2C[C@H]3CCC[C@@H](C2)N3[C@H]1C(c1ccccc1)c1ccccc1. The van der Waals surface area contributed by atoms with Gasteiger partial charge in [-0.25, -0.2) is 0 Å². The molecular weight excluding hydrogens is 416 g/mol. The number of para-hydroxylation sites is 1. The highest BCUT2D eigenvalue weighted by atomic mass is 16.5. The molecule has 4 aliphatic heterocycles. The summed E-state index contributed by atoms with van der Waals surface area (Å²) in [4.78, 5) is 2.97. The normalized spacial score (nSPS) is 29.8. The lowest BCUT2D eigenvalue weighted by Gasteiger charge is -2.63. The first-order valence-electron chi connectivity index (χ1n) is 13.1. The number of ether oxygens (including phenoxy) is 1. The second-order valence-corrected chi connectivity index (χ2v) is 10.4. The number of hydrogen-bond acceptors (Lipinski definition) is 3. The molecule has 4 aliphatic rings. The maximum atomic E-state index is 5.67. The van der Waals surface area contributed by atoms with Gasteiger partial charge >= 0.3 is 0 Å². The molecule has 4 heterocycles. The lowest BCUT2D eigenvalue weighted by molar-refractivity contribution is -0.101. The third kappa shape index (κ3) is 3.95. The minimum absolute atomic E-state index is 0.365. The topological polar surface area (TPSA) is 24.5 Å². The van der Waals surface area contributed by atoms with Crippen LogP contribution in [0.2, 0.25) is 0 Å². The van der Waals surface area contributed by atoms with E-state index in [9.17, 15) is 0 Å². The summed E-state index contributed by atoms with van der Waals surface area (Å²) >= 11 is 0. The van der Waals surface area contributed by atoms with Gasteiger partial charge in [-0.1, -0.05) is 85.3 Å². The lowest BCUT2D eigenvalue weighted by Crippen LogP contribution is -2.71. The van der Waals surface area contributed by atoms with E-state index in [-0.39, 0.29) is 0 Å². The Bertz CT molecular complexity index is 1030. The van der Waals surface area contributed by atoms with Gasteiger partial charge in [-0.2, -0.15) is 0 Å². The smallest absolute Gasteiger partial charge is 0.123 e. The molecule has 7 rings (SSSR count). The number of nitrogens with one attached hydrogen (secondary N) is 1. The van der Waals surface area contributed by atoms with Gasteiger partial charge in [0.2, 0.25) is 0 Å². The van der Waals surface area contributed by atoms with E-state index in [0.717, 1.165) is 30.3 Å². The van der Waals surface area contributed by atoms with Crippen LogP contribution in [0.1, 0.15) is 54.7 Å². The van der Waals surface area contributed by atoms with Crippen LogP contribution in [0.15, 0.2) is 84.9 Å². The quantitative estimate of drug-likeness (QED) is 0.476. The molecule has 4 bridgehead atoms. The minimum Gasteiger partial charge on any atom is -0.496 e. The van der Waals surface area contributed by atoms with E-state index >= 15 is 0 Å². The molecule has 6 atom stereocenters. The average Bonchev–Trinajstić information content (AvgIpc) is 2.89. The number of methoxy groups -OCH3 is 1. The van der Waals surface area contributed by atoms with Gasteiger partial charge in [0.25, 0.3) is 0 Å². The van der Waals surface area contributed by atoms with Crippen LogP contribution in [-0.4, -0.2) is 36.2 Å². The van der Waals surface area contributed by atoms with Crippen molar-refractivity contribution in [2.45, 2.75) is 68.7 Å². The highest BCUT2D eigenvalue weighted by Gasteiger charge is 2.54. The molecule has 0 aliphatic carbocycles. The zero-order valence-electron chi connectivity index (χ0n) is 20.1. The third-order valence-corrected chi connectivity index (χ3v) is 8.67. The Morgan fingerprint density at radius 3 is 2.03 bits per heavy atom. The van der Waals surface area contributed by atoms with E-state index in [2.05, 4.69) is 95.1 Å². The fraction of sp³-hybridized carbons (Fsp3) is 0.419. The highest BCUT2D eigenvalue weighted by molar-refractivity contribution is 5.37. The van der Waals surface area contributed by atoms with Crippen LogP contribution in [0.3, 0.4) is 0 Å². The number of benzene rings is 3. The van der Waals surface area contributed by atoms with Crippen LogP contribution in [0.4, 0.5) is 0 Å². The van der Waals surface area contributed by atoms with E-state index in [4.69, 9.17) is 4.74 Å². The van der Waals surface area contributed by atoms with Crippen molar-refractivity contribution in [1.29, 1.82) is 0 Å². The van der Waals surface area contributed by atoms with Crippen LogP contribution in [-0.2, 0) is 6.54 Å². The van der Waals surface area contributed by atoms with E-state index in [1.54, 1.807) is 7.11 Å². The standard InChI is InChI=1S/C31H36N2O/c1-34-28-18-9-8-15-24(28)21-32-30-25-19-26-16-10-17-27(20-25)33(26)31(30)29(22-11-4-2-5-12-22)23-13-6-3-7-14-23/h2-9,11-15,18,25-27,29-32H,10,16-17,19-21H2,1H3/t25?,26-,27+,30-,31-/m0/s1. The van der Waals surface area contributed by atoms with Crippen molar-refractivity contribution in [2.75, 3.05) is 7.11 Å². The second kappa shape index (κ2) is 9.56. The molecule has 1 N–H and O–H groups in total. The van der Waals surface area contributed by atoms with Crippen molar-refractivity contribution < 1.29 is 4.74 Å². The fourth-order valence-electron chi connectivity index (χ4n) is 7.36. The van der Waals surface area contributed by atoms with Gasteiger partial charge in [0, 0.05) is 42.2 Å². The maximum absolute atomic E-state index is 5.67. The Labute approximate surface area is 204 Å². The summed E-state index contributed by atoms with van der Waals surface area (Å²) in [6.45, 7) is 0.848.